The Morgan fingerprint density at radius 2 is 1.82 bits per heavy atom. The van der Waals surface area contributed by atoms with E-state index in [1.165, 1.54) is 11.1 Å². The van der Waals surface area contributed by atoms with Gasteiger partial charge in [-0.15, -0.1) is 0 Å². The molecule has 2 aromatic rings. The first-order chi connectivity index (χ1) is 10.6. The molecule has 0 saturated heterocycles. The van der Waals surface area contributed by atoms with Crippen LogP contribution in [0, 0.1) is 12.8 Å². The van der Waals surface area contributed by atoms with Gasteiger partial charge in [0, 0.05) is 11.6 Å². The number of amides is 1. The molecule has 0 spiro atoms. The topological polar surface area (TPSA) is 29.1 Å². The Labute approximate surface area is 132 Å². The van der Waals surface area contributed by atoms with Crippen molar-refractivity contribution in [2.45, 2.75) is 39.0 Å². The molecule has 1 amide bonds. The van der Waals surface area contributed by atoms with Gasteiger partial charge in [0.15, 0.2) is 0 Å². The minimum absolute atomic E-state index is 0.113. The number of carbonyl (C=O) groups is 1. The molecule has 2 unspecified atom stereocenters. The minimum Gasteiger partial charge on any atom is -0.325 e. The summed E-state index contributed by atoms with van der Waals surface area (Å²) in [6.45, 7) is 6.38. The Hall–Kier alpha value is -2.09. The molecule has 1 aliphatic carbocycles. The van der Waals surface area contributed by atoms with Gasteiger partial charge >= 0.3 is 0 Å². The fourth-order valence-electron chi connectivity index (χ4n) is 3.11. The number of anilines is 1. The van der Waals surface area contributed by atoms with Crippen molar-refractivity contribution >= 4 is 11.6 Å². The third-order valence-electron chi connectivity index (χ3n) is 4.53. The lowest BCUT2D eigenvalue weighted by Gasteiger charge is -2.16. The maximum Gasteiger partial charge on any atom is 0.228 e. The molecule has 114 valence electrons. The Kier molecular flexibility index (Phi) is 4.02. The number of hydrogen-bond acceptors (Lipinski definition) is 1. The van der Waals surface area contributed by atoms with Crippen molar-refractivity contribution < 1.29 is 4.79 Å². The molecule has 2 nitrogen and oxygen atoms in total. The quantitative estimate of drug-likeness (QED) is 0.857. The van der Waals surface area contributed by atoms with Crippen LogP contribution < -0.4 is 5.32 Å². The first-order valence-corrected chi connectivity index (χ1v) is 8.03. The van der Waals surface area contributed by atoms with Crippen molar-refractivity contribution in [3.63, 3.8) is 0 Å². The fourth-order valence-corrected chi connectivity index (χ4v) is 3.11. The molecule has 0 aliphatic heterocycles. The lowest BCUT2D eigenvalue weighted by atomic mass is 9.98. The van der Waals surface area contributed by atoms with E-state index in [0.29, 0.717) is 11.8 Å². The molecule has 2 aromatic carbocycles. The van der Waals surface area contributed by atoms with Gasteiger partial charge in [-0.1, -0.05) is 62.4 Å². The molecule has 2 heteroatoms. The Bertz CT molecular complexity index is 675. The summed E-state index contributed by atoms with van der Waals surface area (Å²) < 4.78 is 0. The smallest absolute Gasteiger partial charge is 0.228 e. The average Bonchev–Trinajstić information content (AvgIpc) is 3.30. The predicted octanol–water partition coefficient (Wildman–Crippen LogP) is 4.86. The highest BCUT2D eigenvalue weighted by Crippen LogP contribution is 2.48. The summed E-state index contributed by atoms with van der Waals surface area (Å²) in [5, 5.41) is 3.18. The van der Waals surface area contributed by atoms with E-state index in [-0.39, 0.29) is 11.8 Å². The van der Waals surface area contributed by atoms with Crippen molar-refractivity contribution in [3.8, 4) is 0 Å². The van der Waals surface area contributed by atoms with Gasteiger partial charge in [0.2, 0.25) is 5.91 Å². The van der Waals surface area contributed by atoms with E-state index in [1.807, 2.05) is 18.2 Å². The number of para-hydroxylation sites is 1. The molecule has 0 heterocycles. The summed E-state index contributed by atoms with van der Waals surface area (Å²) in [4.78, 5) is 12.6. The molecule has 22 heavy (non-hydrogen) atoms. The summed E-state index contributed by atoms with van der Waals surface area (Å²) in [6, 6.07) is 16.6. The van der Waals surface area contributed by atoms with Crippen molar-refractivity contribution in [2.24, 2.45) is 5.92 Å². The predicted molar refractivity (Wildman–Crippen MR) is 91.2 cm³/mol. The monoisotopic (exact) mass is 293 g/mol. The molecule has 1 fully saturated rings. The fraction of sp³-hybridized carbons (Fsp3) is 0.350. The van der Waals surface area contributed by atoms with Gasteiger partial charge in [0.1, 0.15) is 0 Å². The Balaban J connectivity index is 1.74. The normalized spacial score (nSPS) is 20.0. The van der Waals surface area contributed by atoms with E-state index in [0.717, 1.165) is 17.7 Å². The van der Waals surface area contributed by atoms with E-state index >= 15 is 0 Å². The van der Waals surface area contributed by atoms with E-state index in [4.69, 9.17) is 0 Å². The second kappa shape index (κ2) is 5.96. The van der Waals surface area contributed by atoms with E-state index in [2.05, 4.69) is 56.4 Å². The van der Waals surface area contributed by atoms with Crippen molar-refractivity contribution in [1.29, 1.82) is 0 Å². The standard InChI is InChI=1S/C20H23NO/c1-13(2)16-11-7-8-14(3)19(16)21-20(22)18-12-17(18)15-9-5-4-6-10-15/h4-11,13,17-18H,12H2,1-3H3,(H,21,22). The van der Waals surface area contributed by atoms with Gasteiger partial charge in [-0.05, 0) is 41.9 Å². The number of rotatable bonds is 4. The average molecular weight is 293 g/mol. The van der Waals surface area contributed by atoms with Gasteiger partial charge in [0.25, 0.3) is 0 Å². The van der Waals surface area contributed by atoms with Crippen LogP contribution in [0.2, 0.25) is 0 Å². The summed E-state index contributed by atoms with van der Waals surface area (Å²) in [7, 11) is 0. The summed E-state index contributed by atoms with van der Waals surface area (Å²) in [5.41, 5.74) is 4.62. The molecular weight excluding hydrogens is 270 g/mol. The van der Waals surface area contributed by atoms with E-state index < -0.39 is 0 Å². The van der Waals surface area contributed by atoms with Gasteiger partial charge < -0.3 is 5.32 Å². The number of nitrogens with one attached hydrogen (secondary N) is 1. The lowest BCUT2D eigenvalue weighted by molar-refractivity contribution is -0.117. The molecular formula is C20H23NO. The first kappa shape index (κ1) is 14.8. The highest BCUT2D eigenvalue weighted by atomic mass is 16.2. The van der Waals surface area contributed by atoms with Gasteiger partial charge in [-0.25, -0.2) is 0 Å². The number of aryl methyl sites for hydroxylation is 1. The summed E-state index contributed by atoms with van der Waals surface area (Å²) >= 11 is 0. The lowest BCUT2D eigenvalue weighted by Crippen LogP contribution is -2.17. The Morgan fingerprint density at radius 1 is 1.09 bits per heavy atom. The number of benzene rings is 2. The number of carbonyl (C=O) groups excluding carboxylic acids is 1. The van der Waals surface area contributed by atoms with Gasteiger partial charge in [-0.2, -0.15) is 0 Å². The van der Waals surface area contributed by atoms with Crippen LogP contribution in [-0.2, 0) is 4.79 Å². The summed E-state index contributed by atoms with van der Waals surface area (Å²) in [6.07, 6.45) is 0.957. The van der Waals surface area contributed by atoms with Crippen LogP contribution in [0.4, 0.5) is 5.69 Å². The second-order valence-electron chi connectivity index (χ2n) is 6.54. The highest BCUT2D eigenvalue weighted by molar-refractivity contribution is 5.96. The zero-order valence-corrected chi connectivity index (χ0v) is 13.5. The third-order valence-corrected chi connectivity index (χ3v) is 4.53. The van der Waals surface area contributed by atoms with Crippen LogP contribution in [0.1, 0.15) is 48.8 Å². The van der Waals surface area contributed by atoms with Crippen LogP contribution in [0.3, 0.4) is 0 Å². The van der Waals surface area contributed by atoms with Gasteiger partial charge in [0.05, 0.1) is 0 Å². The van der Waals surface area contributed by atoms with Crippen molar-refractivity contribution in [1.82, 2.24) is 0 Å². The molecule has 0 bridgehead atoms. The highest BCUT2D eigenvalue weighted by Gasteiger charge is 2.44. The minimum atomic E-state index is 0.113. The molecule has 1 aliphatic rings. The zero-order valence-electron chi connectivity index (χ0n) is 13.5. The maximum absolute atomic E-state index is 12.6. The second-order valence-corrected chi connectivity index (χ2v) is 6.54. The molecule has 0 aromatic heterocycles. The maximum atomic E-state index is 12.6. The molecule has 2 atom stereocenters. The Morgan fingerprint density at radius 3 is 2.50 bits per heavy atom. The van der Waals surface area contributed by atoms with E-state index in [1.54, 1.807) is 0 Å². The third kappa shape index (κ3) is 2.92. The van der Waals surface area contributed by atoms with Crippen molar-refractivity contribution in [3.05, 3.63) is 65.2 Å². The molecule has 0 radical (unpaired) electrons. The zero-order chi connectivity index (χ0) is 15.7. The van der Waals surface area contributed by atoms with Crippen LogP contribution in [0.15, 0.2) is 48.5 Å². The van der Waals surface area contributed by atoms with Crippen LogP contribution in [0.25, 0.3) is 0 Å². The van der Waals surface area contributed by atoms with Crippen molar-refractivity contribution in [2.75, 3.05) is 5.32 Å². The molecule has 1 N–H and O–H groups in total. The van der Waals surface area contributed by atoms with Crippen LogP contribution in [0.5, 0.6) is 0 Å². The first-order valence-electron chi connectivity index (χ1n) is 8.03. The summed E-state index contributed by atoms with van der Waals surface area (Å²) in [5.74, 6) is 1.05. The molecule has 1 saturated carbocycles. The van der Waals surface area contributed by atoms with Gasteiger partial charge in [-0.3, -0.25) is 4.79 Å². The molecule has 3 rings (SSSR count). The number of hydrogen-bond donors (Lipinski definition) is 1. The largest absolute Gasteiger partial charge is 0.325 e. The van der Waals surface area contributed by atoms with Crippen LogP contribution >= 0.6 is 0 Å². The SMILES string of the molecule is Cc1cccc(C(C)C)c1NC(=O)C1CC1c1ccccc1. The van der Waals surface area contributed by atoms with E-state index in [9.17, 15) is 4.79 Å². The van der Waals surface area contributed by atoms with Crippen LogP contribution in [-0.4, -0.2) is 5.91 Å².